The van der Waals surface area contributed by atoms with Gasteiger partial charge in [0, 0.05) is 17.6 Å². The number of aromatic nitrogens is 1. The number of fused-ring (bicyclic) bond motifs is 1. The molecular formula is C18H21N3. The van der Waals surface area contributed by atoms with E-state index in [1.165, 1.54) is 19.3 Å². The number of para-hydroxylation sites is 1. The summed E-state index contributed by atoms with van der Waals surface area (Å²) in [7, 11) is 0. The van der Waals surface area contributed by atoms with E-state index in [1.54, 1.807) is 6.20 Å². The van der Waals surface area contributed by atoms with Crippen molar-refractivity contribution in [3.8, 4) is 6.07 Å². The van der Waals surface area contributed by atoms with Crippen molar-refractivity contribution in [1.29, 1.82) is 5.26 Å². The van der Waals surface area contributed by atoms with Crippen LogP contribution in [-0.4, -0.2) is 11.0 Å². The lowest BCUT2D eigenvalue weighted by molar-refractivity contribution is 0.276. The summed E-state index contributed by atoms with van der Waals surface area (Å²) < 4.78 is 0. The predicted octanol–water partition coefficient (Wildman–Crippen LogP) is 4.34. The average molecular weight is 279 g/mol. The van der Waals surface area contributed by atoms with Crippen LogP contribution in [-0.2, 0) is 0 Å². The minimum atomic E-state index is 0.444. The first-order valence-corrected chi connectivity index (χ1v) is 7.73. The van der Waals surface area contributed by atoms with Crippen molar-refractivity contribution in [3.63, 3.8) is 0 Å². The molecule has 1 aromatic heterocycles. The van der Waals surface area contributed by atoms with Gasteiger partial charge in [0.15, 0.2) is 0 Å². The van der Waals surface area contributed by atoms with E-state index in [0.717, 1.165) is 22.5 Å². The third-order valence-electron chi connectivity index (χ3n) is 4.66. The van der Waals surface area contributed by atoms with Crippen molar-refractivity contribution in [2.45, 2.75) is 39.2 Å². The molecule has 0 radical (unpaired) electrons. The minimum Gasteiger partial charge on any atom is -0.380 e. The molecule has 1 aromatic carbocycles. The van der Waals surface area contributed by atoms with Gasteiger partial charge in [-0.15, -0.1) is 0 Å². The van der Waals surface area contributed by atoms with E-state index >= 15 is 0 Å². The number of anilines is 1. The fourth-order valence-corrected chi connectivity index (χ4v) is 3.45. The standard InChI is InChI=1S/C18H21N3/c1-12-7-8-16(13(2)9-12)21-18-14(10-19)11-20-17-6-4-3-5-15(17)18/h3-6,11-13,16H,7-9H2,1-2H3,(H,20,21). The maximum Gasteiger partial charge on any atom is 0.103 e. The molecule has 3 heteroatoms. The minimum absolute atomic E-state index is 0.444. The van der Waals surface area contributed by atoms with Gasteiger partial charge in [-0.05, 0) is 37.2 Å². The van der Waals surface area contributed by atoms with Crippen molar-refractivity contribution >= 4 is 16.6 Å². The first kappa shape index (κ1) is 13.9. The summed E-state index contributed by atoms with van der Waals surface area (Å²) in [6.07, 6.45) is 5.36. The number of hydrogen-bond donors (Lipinski definition) is 1. The molecule has 0 saturated heterocycles. The van der Waals surface area contributed by atoms with Crippen molar-refractivity contribution < 1.29 is 0 Å². The molecule has 108 valence electrons. The van der Waals surface area contributed by atoms with Gasteiger partial charge in [0.25, 0.3) is 0 Å². The Balaban J connectivity index is 1.98. The van der Waals surface area contributed by atoms with E-state index in [1.807, 2.05) is 24.3 Å². The van der Waals surface area contributed by atoms with Gasteiger partial charge in [0.2, 0.25) is 0 Å². The van der Waals surface area contributed by atoms with Gasteiger partial charge in [-0.1, -0.05) is 32.0 Å². The van der Waals surface area contributed by atoms with E-state index in [0.29, 0.717) is 17.5 Å². The Bertz CT molecular complexity index is 686. The number of nitrogens with one attached hydrogen (secondary N) is 1. The molecule has 0 amide bonds. The first-order chi connectivity index (χ1) is 10.2. The highest BCUT2D eigenvalue weighted by atomic mass is 14.9. The van der Waals surface area contributed by atoms with Crippen LogP contribution in [0.4, 0.5) is 5.69 Å². The van der Waals surface area contributed by atoms with Crippen molar-refractivity contribution in [3.05, 3.63) is 36.0 Å². The van der Waals surface area contributed by atoms with Gasteiger partial charge in [-0.25, -0.2) is 0 Å². The summed E-state index contributed by atoms with van der Waals surface area (Å²) in [4.78, 5) is 4.37. The second-order valence-electron chi connectivity index (χ2n) is 6.32. The fourth-order valence-electron chi connectivity index (χ4n) is 3.45. The van der Waals surface area contributed by atoms with Crippen molar-refractivity contribution in [2.24, 2.45) is 11.8 Å². The molecule has 3 rings (SSSR count). The zero-order valence-electron chi connectivity index (χ0n) is 12.6. The first-order valence-electron chi connectivity index (χ1n) is 7.73. The lowest BCUT2D eigenvalue weighted by atomic mass is 9.79. The molecular weight excluding hydrogens is 258 g/mol. The van der Waals surface area contributed by atoms with E-state index in [-0.39, 0.29) is 0 Å². The van der Waals surface area contributed by atoms with Crippen LogP contribution < -0.4 is 5.32 Å². The third-order valence-corrected chi connectivity index (χ3v) is 4.66. The normalized spacial score (nSPS) is 25.5. The lowest BCUT2D eigenvalue weighted by Crippen LogP contribution is -2.33. The Morgan fingerprint density at radius 2 is 2.05 bits per heavy atom. The molecule has 1 aliphatic carbocycles. The smallest absolute Gasteiger partial charge is 0.103 e. The van der Waals surface area contributed by atoms with Crippen LogP contribution >= 0.6 is 0 Å². The number of nitrogens with zero attached hydrogens (tertiary/aromatic N) is 2. The van der Waals surface area contributed by atoms with Crippen LogP contribution in [0, 0.1) is 23.2 Å². The Morgan fingerprint density at radius 3 is 2.81 bits per heavy atom. The van der Waals surface area contributed by atoms with E-state index in [4.69, 9.17) is 0 Å². The number of benzene rings is 1. The van der Waals surface area contributed by atoms with Crippen LogP contribution in [0.2, 0.25) is 0 Å². The molecule has 3 atom stereocenters. The maximum absolute atomic E-state index is 9.39. The predicted molar refractivity (Wildman–Crippen MR) is 86.0 cm³/mol. The van der Waals surface area contributed by atoms with Crippen molar-refractivity contribution in [2.75, 3.05) is 5.32 Å². The van der Waals surface area contributed by atoms with Crippen molar-refractivity contribution in [1.82, 2.24) is 4.98 Å². The molecule has 1 heterocycles. The summed E-state index contributed by atoms with van der Waals surface area (Å²) >= 11 is 0. The Morgan fingerprint density at radius 1 is 1.24 bits per heavy atom. The number of hydrogen-bond acceptors (Lipinski definition) is 3. The largest absolute Gasteiger partial charge is 0.380 e. The monoisotopic (exact) mass is 279 g/mol. The maximum atomic E-state index is 9.39. The van der Waals surface area contributed by atoms with E-state index in [9.17, 15) is 5.26 Å². The van der Waals surface area contributed by atoms with E-state index in [2.05, 4.69) is 30.2 Å². The summed E-state index contributed by atoms with van der Waals surface area (Å²) in [5.41, 5.74) is 2.53. The van der Waals surface area contributed by atoms with Gasteiger partial charge < -0.3 is 5.32 Å². The van der Waals surface area contributed by atoms with Gasteiger partial charge >= 0.3 is 0 Å². The summed E-state index contributed by atoms with van der Waals surface area (Å²) in [5, 5.41) is 14.1. The summed E-state index contributed by atoms with van der Waals surface area (Å²) in [6.45, 7) is 4.64. The van der Waals surface area contributed by atoms with Gasteiger partial charge in [-0.2, -0.15) is 5.26 Å². The molecule has 0 spiro atoms. The molecule has 0 bridgehead atoms. The molecule has 0 aliphatic heterocycles. The Hall–Kier alpha value is -2.08. The highest BCUT2D eigenvalue weighted by Crippen LogP contribution is 2.33. The zero-order valence-corrected chi connectivity index (χ0v) is 12.6. The van der Waals surface area contributed by atoms with Crippen LogP contribution in [0.1, 0.15) is 38.7 Å². The van der Waals surface area contributed by atoms with Crippen LogP contribution in [0.25, 0.3) is 10.9 Å². The Kier molecular flexibility index (Phi) is 3.79. The summed E-state index contributed by atoms with van der Waals surface area (Å²) in [6, 6.07) is 10.7. The molecule has 1 N–H and O–H groups in total. The van der Waals surface area contributed by atoms with Gasteiger partial charge in [0.1, 0.15) is 6.07 Å². The lowest BCUT2D eigenvalue weighted by Gasteiger charge is -2.34. The third kappa shape index (κ3) is 2.71. The number of rotatable bonds is 2. The van der Waals surface area contributed by atoms with Crippen LogP contribution in [0.15, 0.2) is 30.5 Å². The highest BCUT2D eigenvalue weighted by Gasteiger charge is 2.26. The molecule has 3 unspecified atom stereocenters. The van der Waals surface area contributed by atoms with Crippen LogP contribution in [0.5, 0.6) is 0 Å². The fraction of sp³-hybridized carbons (Fsp3) is 0.444. The molecule has 1 saturated carbocycles. The highest BCUT2D eigenvalue weighted by molar-refractivity contribution is 5.93. The molecule has 21 heavy (non-hydrogen) atoms. The number of nitriles is 1. The van der Waals surface area contributed by atoms with E-state index < -0.39 is 0 Å². The number of pyridine rings is 1. The Labute approximate surface area is 126 Å². The quantitative estimate of drug-likeness (QED) is 0.889. The van der Waals surface area contributed by atoms with Crippen LogP contribution in [0.3, 0.4) is 0 Å². The molecule has 2 aromatic rings. The van der Waals surface area contributed by atoms with Gasteiger partial charge in [-0.3, -0.25) is 4.98 Å². The van der Waals surface area contributed by atoms with Gasteiger partial charge in [0.05, 0.1) is 16.8 Å². The zero-order chi connectivity index (χ0) is 14.8. The molecule has 3 nitrogen and oxygen atoms in total. The molecule has 1 aliphatic rings. The summed E-state index contributed by atoms with van der Waals surface area (Å²) in [5.74, 6) is 1.44. The topological polar surface area (TPSA) is 48.7 Å². The average Bonchev–Trinajstić information content (AvgIpc) is 2.50. The SMILES string of the molecule is CC1CCC(Nc2c(C#N)cnc3ccccc23)C(C)C1. The second kappa shape index (κ2) is 5.73. The molecule has 1 fully saturated rings. The second-order valence-corrected chi connectivity index (χ2v) is 6.32.